The van der Waals surface area contributed by atoms with Gasteiger partial charge < -0.3 is 4.74 Å². The monoisotopic (exact) mass is 370 g/mol. The zero-order chi connectivity index (χ0) is 17.9. The van der Waals surface area contributed by atoms with Crippen molar-refractivity contribution in [2.75, 3.05) is 0 Å². The van der Waals surface area contributed by atoms with Gasteiger partial charge in [-0.2, -0.15) is 0 Å². The van der Waals surface area contributed by atoms with E-state index in [9.17, 15) is 4.79 Å². The minimum atomic E-state index is -4.94. The van der Waals surface area contributed by atoms with Crippen LogP contribution < -0.4 is 23.4 Å². The molecule has 0 aliphatic carbocycles. The van der Waals surface area contributed by atoms with Crippen LogP contribution in [0.15, 0.2) is 58.3 Å². The zero-order valence-corrected chi connectivity index (χ0v) is 14.5. The Balaban J connectivity index is 0.000000368. The smallest absolute Gasteiger partial charge is 0.203 e. The van der Waals surface area contributed by atoms with Crippen molar-refractivity contribution in [2.45, 2.75) is 28.9 Å². The second-order valence-corrected chi connectivity index (χ2v) is 7.98. The van der Waals surface area contributed by atoms with Gasteiger partial charge in [0.05, 0.1) is 10.9 Å². The van der Waals surface area contributed by atoms with Gasteiger partial charge in [0, 0.05) is 0 Å². The van der Waals surface area contributed by atoms with Crippen LogP contribution in [0.3, 0.4) is 0 Å². The summed E-state index contributed by atoms with van der Waals surface area (Å²) in [5.41, 5.74) is 0. The number of ether oxygens (including phenoxy) is 1. The van der Waals surface area contributed by atoms with Crippen LogP contribution in [0.2, 0.25) is 0 Å². The van der Waals surface area contributed by atoms with Crippen LogP contribution in [0.25, 0.3) is 0 Å². The highest BCUT2D eigenvalue weighted by Gasteiger charge is 2.42. The molecule has 1 aliphatic heterocycles. The summed E-state index contributed by atoms with van der Waals surface area (Å²) in [6.45, 7) is 3.67. The Hall–Kier alpha value is -1.61. The fraction of sp³-hybridized carbons (Fsp3) is 0.188. The third-order valence-corrected chi connectivity index (χ3v) is 5.98. The number of benzene rings is 2. The lowest BCUT2D eigenvalue weighted by molar-refractivity contribution is -2.00. The lowest BCUT2D eigenvalue weighted by atomic mass is 10.3. The molecule has 0 saturated carbocycles. The first kappa shape index (κ1) is 18.7. The van der Waals surface area contributed by atoms with Crippen molar-refractivity contribution in [1.82, 2.24) is 0 Å². The van der Waals surface area contributed by atoms with Gasteiger partial charge in [-0.25, -0.2) is 18.6 Å². The molecule has 0 N–H and O–H groups in total. The number of hydrogen-bond acceptors (Lipinski definition) is 6. The van der Waals surface area contributed by atoms with E-state index in [1.165, 1.54) is 0 Å². The number of fused-ring (bicyclic) bond motifs is 2. The topological polar surface area (TPSA) is 119 Å². The zero-order valence-electron chi connectivity index (χ0n) is 12.9. The van der Waals surface area contributed by atoms with Crippen molar-refractivity contribution in [1.29, 1.82) is 0 Å². The summed E-state index contributed by atoms with van der Waals surface area (Å²) in [4.78, 5) is 14.1. The summed E-state index contributed by atoms with van der Waals surface area (Å²) in [5, 5.41) is -0.0220. The van der Waals surface area contributed by atoms with E-state index in [0.717, 1.165) is 21.3 Å². The summed E-state index contributed by atoms with van der Waals surface area (Å²) in [6, 6.07) is 16.0. The molecule has 8 heteroatoms. The molecule has 24 heavy (non-hydrogen) atoms. The molecule has 6 nitrogen and oxygen atoms in total. The van der Waals surface area contributed by atoms with Gasteiger partial charge >= 0.3 is 0 Å². The molecule has 0 amide bonds. The predicted molar refractivity (Wildman–Crippen MR) is 77.0 cm³/mol. The van der Waals surface area contributed by atoms with Gasteiger partial charge in [-0.1, -0.05) is 24.3 Å². The van der Waals surface area contributed by atoms with Crippen molar-refractivity contribution < 1.29 is 38.4 Å². The Bertz CT molecular complexity index is 679. The lowest BCUT2D eigenvalue weighted by Crippen LogP contribution is -2.68. The Labute approximate surface area is 144 Å². The minimum Gasteiger partial charge on any atom is -0.447 e. The molecule has 0 fully saturated rings. The first-order valence-electron chi connectivity index (χ1n) is 6.89. The lowest BCUT2D eigenvalue weighted by Gasteiger charge is -2.22. The van der Waals surface area contributed by atoms with Gasteiger partial charge in [-0.3, -0.25) is 4.79 Å². The molecule has 0 aromatic heterocycles. The predicted octanol–water partition coefficient (Wildman–Crippen LogP) is -0.950. The number of carbonyl (C=O) groups is 1. The normalized spacial score (nSPS) is 14.4. The van der Waals surface area contributed by atoms with E-state index in [1.807, 2.05) is 43.3 Å². The van der Waals surface area contributed by atoms with Crippen LogP contribution in [-0.4, -0.2) is 11.0 Å². The first-order valence-corrected chi connectivity index (χ1v) is 9.42. The average Bonchev–Trinajstić information content (AvgIpc) is 2.50. The number of rotatable bonds is 2. The summed E-state index contributed by atoms with van der Waals surface area (Å²) in [7, 11) is -5.19. The molecule has 1 unspecified atom stereocenters. The second kappa shape index (κ2) is 7.52. The van der Waals surface area contributed by atoms with E-state index >= 15 is 0 Å². The Morgan fingerprint density at radius 3 is 1.71 bits per heavy atom. The van der Waals surface area contributed by atoms with Crippen molar-refractivity contribution in [3.8, 4) is 11.5 Å². The molecular formula is C16H15ClO6S. The molecule has 1 heterocycles. The first-order chi connectivity index (χ1) is 11.2. The van der Waals surface area contributed by atoms with Gasteiger partial charge in [0.25, 0.3) is 0 Å². The average molecular weight is 371 g/mol. The molecule has 2 aromatic rings. The number of Topliss-reactive ketones (excluding diaryl/α,β-unsaturated/α-hetero) is 1. The molecular weight excluding hydrogens is 356 g/mol. The van der Waals surface area contributed by atoms with E-state index in [4.69, 9.17) is 23.4 Å². The third kappa shape index (κ3) is 4.70. The molecule has 1 atom stereocenters. The van der Waals surface area contributed by atoms with E-state index in [0.29, 0.717) is 0 Å². The maximum Gasteiger partial charge on any atom is 0.203 e. The van der Waals surface area contributed by atoms with Gasteiger partial charge in [0.2, 0.25) is 9.79 Å². The van der Waals surface area contributed by atoms with Crippen molar-refractivity contribution in [3.05, 3.63) is 48.5 Å². The Morgan fingerprint density at radius 2 is 1.33 bits per heavy atom. The summed E-state index contributed by atoms with van der Waals surface area (Å²) < 4.78 is 39.9. The van der Waals surface area contributed by atoms with Crippen LogP contribution in [0.1, 0.15) is 13.8 Å². The van der Waals surface area contributed by atoms with E-state index in [-0.39, 0.29) is 21.9 Å². The summed E-state index contributed by atoms with van der Waals surface area (Å²) in [5.74, 6) is 1.96. The molecule has 1 aliphatic rings. The Kier molecular flexibility index (Phi) is 5.87. The summed E-state index contributed by atoms with van der Waals surface area (Å²) in [6.07, 6.45) is 0. The standard InChI is InChI=1S/C16H15O2S.ClHO4/c1-11(17)12(2)19-15-9-5-3-7-13(15)18-14-8-4-6-10-16(14)19;2-1(3,4)5/h3-10,12H,1-2H3;(H,2,3,4,5)/q+1;/p-1. The molecule has 0 radical (unpaired) electrons. The fourth-order valence-electron chi connectivity index (χ4n) is 2.22. The third-order valence-electron chi connectivity index (χ3n) is 3.32. The van der Waals surface area contributed by atoms with E-state index < -0.39 is 10.2 Å². The maximum atomic E-state index is 11.8. The van der Waals surface area contributed by atoms with Crippen LogP contribution >= 0.6 is 0 Å². The molecule has 2 aromatic carbocycles. The van der Waals surface area contributed by atoms with E-state index in [2.05, 4.69) is 12.1 Å². The highest BCUT2D eigenvalue weighted by atomic mass is 35.7. The van der Waals surface area contributed by atoms with Crippen LogP contribution in [0.5, 0.6) is 11.5 Å². The van der Waals surface area contributed by atoms with E-state index in [1.54, 1.807) is 6.92 Å². The van der Waals surface area contributed by atoms with Crippen molar-refractivity contribution in [3.63, 3.8) is 0 Å². The number of hydrogen-bond donors (Lipinski definition) is 0. The SMILES string of the molecule is CC(=O)C(C)[S+]1c2ccccc2Oc2ccccc21.[O-][Cl+3]([O-])([O-])[O-]. The molecule has 0 saturated heterocycles. The highest BCUT2D eigenvalue weighted by Crippen LogP contribution is 2.45. The van der Waals surface area contributed by atoms with Crippen LogP contribution in [0.4, 0.5) is 0 Å². The fourth-order valence-corrected chi connectivity index (χ4v) is 4.65. The largest absolute Gasteiger partial charge is 0.447 e. The molecule has 128 valence electrons. The van der Waals surface area contributed by atoms with Gasteiger partial charge in [-0.05, 0) is 38.1 Å². The Morgan fingerprint density at radius 1 is 0.958 bits per heavy atom. The minimum absolute atomic E-state index is 0.0220. The quantitative estimate of drug-likeness (QED) is 0.629. The van der Waals surface area contributed by atoms with Crippen LogP contribution in [0, 0.1) is 10.2 Å². The van der Waals surface area contributed by atoms with Gasteiger partial charge in [-0.15, -0.1) is 10.2 Å². The van der Waals surface area contributed by atoms with Crippen molar-refractivity contribution >= 4 is 16.7 Å². The molecule has 0 spiro atoms. The highest BCUT2D eigenvalue weighted by molar-refractivity contribution is 7.98. The maximum absolute atomic E-state index is 11.8. The number of halogens is 1. The molecule has 3 rings (SSSR count). The number of ketones is 1. The number of para-hydroxylation sites is 2. The number of carbonyl (C=O) groups excluding carboxylic acids is 1. The van der Waals surface area contributed by atoms with Crippen molar-refractivity contribution in [2.24, 2.45) is 0 Å². The second-order valence-electron chi connectivity index (χ2n) is 4.96. The van der Waals surface area contributed by atoms with Gasteiger partial charge in [0.15, 0.2) is 22.5 Å². The molecule has 0 bridgehead atoms. The summed E-state index contributed by atoms with van der Waals surface area (Å²) >= 11 is 0. The van der Waals surface area contributed by atoms with Gasteiger partial charge in [0.1, 0.15) is 0 Å². The van der Waals surface area contributed by atoms with Crippen LogP contribution in [-0.2, 0) is 15.7 Å².